The highest BCUT2D eigenvalue weighted by Crippen LogP contribution is 2.25. The molecule has 4 nitrogen and oxygen atoms in total. The zero-order chi connectivity index (χ0) is 13.4. The van der Waals surface area contributed by atoms with E-state index in [2.05, 4.69) is 10.3 Å². The Morgan fingerprint density at radius 1 is 1.42 bits per heavy atom. The van der Waals surface area contributed by atoms with E-state index in [0.717, 1.165) is 15.2 Å². The number of fused-ring (bicyclic) bond motifs is 1. The summed E-state index contributed by atoms with van der Waals surface area (Å²) >= 11 is 7.35. The molecule has 0 atom stereocenters. The van der Waals surface area contributed by atoms with Crippen LogP contribution in [0.25, 0.3) is 10.2 Å². The first kappa shape index (κ1) is 12.2. The van der Waals surface area contributed by atoms with Crippen LogP contribution in [0.4, 0.5) is 5.69 Å². The SMILES string of the molecule is Cc1nc2ccc(NC(=O)c3ccoc3Cl)cc2s1. The molecule has 0 aliphatic rings. The number of carbonyl (C=O) groups is 1. The van der Waals surface area contributed by atoms with Crippen LogP contribution >= 0.6 is 22.9 Å². The van der Waals surface area contributed by atoms with E-state index in [1.54, 1.807) is 11.3 Å². The van der Waals surface area contributed by atoms with E-state index in [4.69, 9.17) is 16.0 Å². The predicted octanol–water partition coefficient (Wildman–Crippen LogP) is 4.10. The van der Waals surface area contributed by atoms with Gasteiger partial charge in [0.15, 0.2) is 0 Å². The monoisotopic (exact) mass is 292 g/mol. The van der Waals surface area contributed by atoms with Crippen molar-refractivity contribution in [1.82, 2.24) is 4.98 Å². The maximum absolute atomic E-state index is 12.0. The number of halogens is 1. The van der Waals surface area contributed by atoms with Crippen LogP contribution in [0.5, 0.6) is 0 Å². The Morgan fingerprint density at radius 2 is 2.26 bits per heavy atom. The zero-order valence-electron chi connectivity index (χ0n) is 9.94. The number of hydrogen-bond donors (Lipinski definition) is 1. The number of nitrogens with zero attached hydrogens (tertiary/aromatic N) is 1. The first-order valence-corrected chi connectivity index (χ1v) is 6.74. The number of nitrogens with one attached hydrogen (secondary N) is 1. The molecule has 96 valence electrons. The van der Waals surface area contributed by atoms with E-state index in [1.165, 1.54) is 12.3 Å². The number of carbonyl (C=O) groups excluding carboxylic acids is 1. The fourth-order valence-electron chi connectivity index (χ4n) is 1.77. The maximum Gasteiger partial charge on any atom is 0.260 e. The van der Waals surface area contributed by atoms with Gasteiger partial charge in [0.1, 0.15) is 0 Å². The fraction of sp³-hybridized carbons (Fsp3) is 0.0769. The predicted molar refractivity (Wildman–Crippen MR) is 76.0 cm³/mol. The minimum atomic E-state index is -0.292. The number of furan rings is 1. The van der Waals surface area contributed by atoms with Gasteiger partial charge in [-0.15, -0.1) is 11.3 Å². The van der Waals surface area contributed by atoms with E-state index < -0.39 is 0 Å². The van der Waals surface area contributed by atoms with Gasteiger partial charge in [-0.1, -0.05) is 0 Å². The molecular formula is C13H9ClN2O2S. The number of aryl methyl sites for hydroxylation is 1. The van der Waals surface area contributed by atoms with E-state index >= 15 is 0 Å². The summed E-state index contributed by atoms with van der Waals surface area (Å²) in [6, 6.07) is 7.12. The number of thiazole rings is 1. The van der Waals surface area contributed by atoms with Crippen molar-refractivity contribution < 1.29 is 9.21 Å². The van der Waals surface area contributed by atoms with Crippen LogP contribution in [0.15, 0.2) is 34.9 Å². The highest BCUT2D eigenvalue weighted by Gasteiger charge is 2.13. The van der Waals surface area contributed by atoms with E-state index in [9.17, 15) is 4.79 Å². The van der Waals surface area contributed by atoms with Crippen LogP contribution in [-0.2, 0) is 0 Å². The zero-order valence-corrected chi connectivity index (χ0v) is 11.5. The lowest BCUT2D eigenvalue weighted by molar-refractivity contribution is 0.102. The van der Waals surface area contributed by atoms with Crippen molar-refractivity contribution in [2.24, 2.45) is 0 Å². The van der Waals surface area contributed by atoms with Crippen molar-refractivity contribution in [3.05, 3.63) is 46.3 Å². The van der Waals surface area contributed by atoms with Crippen molar-refractivity contribution in [3.8, 4) is 0 Å². The molecule has 3 rings (SSSR count). The van der Waals surface area contributed by atoms with Crippen molar-refractivity contribution in [2.45, 2.75) is 6.92 Å². The highest BCUT2D eigenvalue weighted by atomic mass is 35.5. The molecule has 6 heteroatoms. The van der Waals surface area contributed by atoms with Gasteiger partial charge in [0, 0.05) is 5.69 Å². The summed E-state index contributed by atoms with van der Waals surface area (Å²) in [6.45, 7) is 1.95. The van der Waals surface area contributed by atoms with Crippen LogP contribution in [-0.4, -0.2) is 10.9 Å². The maximum atomic E-state index is 12.0. The molecule has 0 aliphatic heterocycles. The highest BCUT2D eigenvalue weighted by molar-refractivity contribution is 7.18. The summed E-state index contributed by atoms with van der Waals surface area (Å²) < 4.78 is 5.93. The van der Waals surface area contributed by atoms with Gasteiger partial charge < -0.3 is 9.73 Å². The number of anilines is 1. The van der Waals surface area contributed by atoms with Crippen LogP contribution in [0.2, 0.25) is 5.22 Å². The molecule has 0 fully saturated rings. The smallest absolute Gasteiger partial charge is 0.260 e. The van der Waals surface area contributed by atoms with Gasteiger partial charge in [0.2, 0.25) is 5.22 Å². The van der Waals surface area contributed by atoms with Crippen molar-refractivity contribution >= 4 is 44.7 Å². The third-order valence-electron chi connectivity index (χ3n) is 2.62. The van der Waals surface area contributed by atoms with Crippen molar-refractivity contribution in [1.29, 1.82) is 0 Å². The van der Waals surface area contributed by atoms with Gasteiger partial charge in [-0.05, 0) is 42.8 Å². The minimum Gasteiger partial charge on any atom is -0.452 e. The second kappa shape index (κ2) is 4.68. The molecule has 1 amide bonds. The minimum absolute atomic E-state index is 0.0900. The summed E-state index contributed by atoms with van der Waals surface area (Å²) in [6.07, 6.45) is 1.38. The van der Waals surface area contributed by atoms with Crippen molar-refractivity contribution in [3.63, 3.8) is 0 Å². The van der Waals surface area contributed by atoms with E-state index in [0.29, 0.717) is 11.3 Å². The lowest BCUT2D eigenvalue weighted by Gasteiger charge is -2.03. The molecule has 19 heavy (non-hydrogen) atoms. The van der Waals surface area contributed by atoms with Gasteiger partial charge >= 0.3 is 0 Å². The molecule has 2 heterocycles. The van der Waals surface area contributed by atoms with Crippen LogP contribution < -0.4 is 5.32 Å². The lowest BCUT2D eigenvalue weighted by atomic mass is 10.2. The first-order chi connectivity index (χ1) is 9.13. The second-order valence-corrected chi connectivity index (χ2v) is 5.56. The number of amides is 1. The molecule has 1 N–H and O–H groups in total. The summed E-state index contributed by atoms with van der Waals surface area (Å²) in [5.41, 5.74) is 1.96. The molecule has 0 unspecified atom stereocenters. The van der Waals surface area contributed by atoms with Crippen LogP contribution in [0.3, 0.4) is 0 Å². The van der Waals surface area contributed by atoms with E-state index in [1.807, 2.05) is 25.1 Å². The van der Waals surface area contributed by atoms with Crippen LogP contribution in [0, 0.1) is 6.92 Å². The molecule has 2 aromatic heterocycles. The van der Waals surface area contributed by atoms with Gasteiger partial charge in [-0.25, -0.2) is 4.98 Å². The molecule has 3 aromatic rings. The molecule has 0 bridgehead atoms. The first-order valence-electron chi connectivity index (χ1n) is 5.55. The van der Waals surface area contributed by atoms with Gasteiger partial charge in [0.05, 0.1) is 27.1 Å². The Morgan fingerprint density at radius 3 is 3.00 bits per heavy atom. The fourth-order valence-corrected chi connectivity index (χ4v) is 2.84. The third-order valence-corrected chi connectivity index (χ3v) is 3.84. The molecule has 0 saturated carbocycles. The topological polar surface area (TPSA) is 55.1 Å². The summed E-state index contributed by atoms with van der Waals surface area (Å²) in [7, 11) is 0. The Hall–Kier alpha value is -1.85. The van der Waals surface area contributed by atoms with Crippen LogP contribution in [0.1, 0.15) is 15.4 Å². The lowest BCUT2D eigenvalue weighted by Crippen LogP contribution is -2.11. The Balaban J connectivity index is 1.89. The summed E-state index contributed by atoms with van der Waals surface area (Å²) in [5.74, 6) is -0.292. The normalized spacial score (nSPS) is 10.8. The summed E-state index contributed by atoms with van der Waals surface area (Å²) in [5, 5.41) is 3.87. The average Bonchev–Trinajstić information content (AvgIpc) is 2.93. The largest absolute Gasteiger partial charge is 0.452 e. The standard InChI is InChI=1S/C13H9ClN2O2S/c1-7-15-10-3-2-8(6-11(10)19-7)16-13(17)9-4-5-18-12(9)14/h2-6H,1H3,(H,16,17). The van der Waals surface area contributed by atoms with Gasteiger partial charge in [-0.2, -0.15) is 0 Å². The number of aromatic nitrogens is 1. The molecule has 0 radical (unpaired) electrons. The Kier molecular flexibility index (Phi) is 3.00. The molecule has 0 spiro atoms. The Labute approximate surface area is 118 Å². The molecular weight excluding hydrogens is 284 g/mol. The summed E-state index contributed by atoms with van der Waals surface area (Å²) in [4.78, 5) is 16.3. The molecule has 1 aromatic carbocycles. The second-order valence-electron chi connectivity index (χ2n) is 3.98. The van der Waals surface area contributed by atoms with Crippen molar-refractivity contribution in [2.75, 3.05) is 5.32 Å². The average molecular weight is 293 g/mol. The number of hydrogen-bond acceptors (Lipinski definition) is 4. The van der Waals surface area contributed by atoms with Gasteiger partial charge in [0.25, 0.3) is 5.91 Å². The molecule has 0 saturated heterocycles. The molecule has 0 aliphatic carbocycles. The van der Waals surface area contributed by atoms with E-state index in [-0.39, 0.29) is 11.1 Å². The van der Waals surface area contributed by atoms with Gasteiger partial charge in [-0.3, -0.25) is 4.79 Å². The third kappa shape index (κ3) is 2.34. The number of benzene rings is 1. The number of rotatable bonds is 2. The Bertz CT molecular complexity index is 763. The quantitative estimate of drug-likeness (QED) is 0.773.